The van der Waals surface area contributed by atoms with Crippen LogP contribution in [0.15, 0.2) is 24.3 Å². The van der Waals surface area contributed by atoms with E-state index in [1.165, 1.54) is 7.11 Å². The van der Waals surface area contributed by atoms with Crippen molar-refractivity contribution in [3.8, 4) is 0 Å². The average Bonchev–Trinajstić information content (AvgIpc) is 2.39. The van der Waals surface area contributed by atoms with Gasteiger partial charge in [-0.2, -0.15) is 13.1 Å². The Morgan fingerprint density at radius 3 is 2.75 bits per heavy atom. The molecule has 0 amide bonds. The van der Waals surface area contributed by atoms with Crippen LogP contribution in [0.5, 0.6) is 0 Å². The Labute approximate surface area is 121 Å². The van der Waals surface area contributed by atoms with Gasteiger partial charge in [0.2, 0.25) is 0 Å². The molecule has 0 radical (unpaired) electrons. The van der Waals surface area contributed by atoms with Gasteiger partial charge in [-0.1, -0.05) is 19.1 Å². The molecule has 6 nitrogen and oxygen atoms in total. The summed E-state index contributed by atoms with van der Waals surface area (Å²) in [7, 11) is -2.03. The summed E-state index contributed by atoms with van der Waals surface area (Å²) >= 11 is 0. The predicted octanol–water partition coefficient (Wildman–Crippen LogP) is 1.08. The molecule has 0 heterocycles. The van der Waals surface area contributed by atoms with Crippen molar-refractivity contribution < 1.29 is 13.2 Å². The van der Waals surface area contributed by atoms with Gasteiger partial charge in [-0.3, -0.25) is 4.72 Å². The highest BCUT2D eigenvalue weighted by molar-refractivity contribution is 7.90. The minimum Gasteiger partial charge on any atom is -0.383 e. The highest BCUT2D eigenvalue weighted by Crippen LogP contribution is 2.11. The molecule has 0 aliphatic carbocycles. The quantitative estimate of drug-likeness (QED) is 0.565. The molecule has 0 saturated heterocycles. The van der Waals surface area contributed by atoms with Crippen LogP contribution in [-0.2, 0) is 21.5 Å². The zero-order valence-corrected chi connectivity index (χ0v) is 12.8. The van der Waals surface area contributed by atoms with E-state index in [1.807, 2.05) is 18.2 Å². The third-order valence-corrected chi connectivity index (χ3v) is 3.62. The van der Waals surface area contributed by atoms with E-state index in [0.717, 1.165) is 25.1 Å². The number of nitrogens with one attached hydrogen (secondary N) is 3. The molecule has 0 bridgehead atoms. The maximum absolute atomic E-state index is 11.8. The van der Waals surface area contributed by atoms with Crippen molar-refractivity contribution >= 4 is 15.9 Å². The minimum absolute atomic E-state index is 0.240. The summed E-state index contributed by atoms with van der Waals surface area (Å²) in [5, 5.41) is 3.27. The summed E-state index contributed by atoms with van der Waals surface area (Å²) in [6, 6.07) is 7.33. The van der Waals surface area contributed by atoms with Gasteiger partial charge in [-0.25, -0.2) is 0 Å². The number of benzene rings is 1. The Morgan fingerprint density at radius 1 is 1.25 bits per heavy atom. The molecule has 1 rings (SSSR count). The molecule has 1 aromatic carbocycles. The number of ether oxygens (including phenoxy) is 1. The van der Waals surface area contributed by atoms with Crippen molar-refractivity contribution in [3.05, 3.63) is 29.8 Å². The van der Waals surface area contributed by atoms with E-state index in [4.69, 9.17) is 4.74 Å². The van der Waals surface area contributed by atoms with Gasteiger partial charge in [-0.15, -0.1) is 0 Å². The summed E-state index contributed by atoms with van der Waals surface area (Å²) in [6.45, 7) is 4.34. The van der Waals surface area contributed by atoms with E-state index in [9.17, 15) is 8.42 Å². The highest BCUT2D eigenvalue weighted by Gasteiger charge is 2.08. The minimum atomic E-state index is -3.55. The molecule has 0 fully saturated rings. The molecule has 0 aliphatic rings. The summed E-state index contributed by atoms with van der Waals surface area (Å²) < 4.78 is 33.2. The lowest BCUT2D eigenvalue weighted by molar-refractivity contribution is 0.204. The highest BCUT2D eigenvalue weighted by atomic mass is 32.2. The van der Waals surface area contributed by atoms with Crippen molar-refractivity contribution in [1.82, 2.24) is 10.0 Å². The molecule has 0 aliphatic heterocycles. The monoisotopic (exact) mass is 301 g/mol. The Bertz CT molecular complexity index is 491. The van der Waals surface area contributed by atoms with Gasteiger partial charge >= 0.3 is 0 Å². The van der Waals surface area contributed by atoms with Crippen molar-refractivity contribution in [2.75, 3.05) is 31.5 Å². The average molecular weight is 301 g/mol. The normalized spacial score (nSPS) is 11.5. The van der Waals surface area contributed by atoms with E-state index >= 15 is 0 Å². The number of hydrogen-bond acceptors (Lipinski definition) is 4. The second-order valence-corrected chi connectivity index (χ2v) is 5.87. The lowest BCUT2D eigenvalue weighted by Gasteiger charge is -2.10. The zero-order chi connectivity index (χ0) is 14.8. The molecule has 20 heavy (non-hydrogen) atoms. The van der Waals surface area contributed by atoms with Crippen LogP contribution in [0.4, 0.5) is 5.69 Å². The molecule has 7 heteroatoms. The van der Waals surface area contributed by atoms with E-state index in [-0.39, 0.29) is 6.54 Å². The van der Waals surface area contributed by atoms with Gasteiger partial charge in [0.15, 0.2) is 0 Å². The molecule has 0 unspecified atom stereocenters. The van der Waals surface area contributed by atoms with Gasteiger partial charge in [0.05, 0.1) is 12.3 Å². The van der Waals surface area contributed by atoms with Crippen molar-refractivity contribution in [3.63, 3.8) is 0 Å². The third-order valence-electron chi connectivity index (χ3n) is 2.53. The first kappa shape index (κ1) is 16.9. The molecule has 1 aromatic rings. The lowest BCUT2D eigenvalue weighted by Crippen LogP contribution is -2.32. The van der Waals surface area contributed by atoms with Crippen LogP contribution in [0.2, 0.25) is 0 Å². The second-order valence-electron chi connectivity index (χ2n) is 4.37. The molecule has 0 aromatic heterocycles. The van der Waals surface area contributed by atoms with Crippen LogP contribution in [0.25, 0.3) is 0 Å². The molecule has 114 valence electrons. The number of anilines is 1. The van der Waals surface area contributed by atoms with Crippen LogP contribution in [0.3, 0.4) is 0 Å². The number of rotatable bonds is 10. The smallest absolute Gasteiger partial charge is 0.299 e. The summed E-state index contributed by atoms with van der Waals surface area (Å²) in [6.07, 6.45) is 1.07. The first-order valence-electron chi connectivity index (χ1n) is 6.63. The summed E-state index contributed by atoms with van der Waals surface area (Å²) in [5.41, 5.74) is 1.58. The van der Waals surface area contributed by atoms with Crippen LogP contribution < -0.4 is 14.8 Å². The van der Waals surface area contributed by atoms with Crippen molar-refractivity contribution in [1.29, 1.82) is 0 Å². The van der Waals surface area contributed by atoms with E-state index in [1.54, 1.807) is 6.07 Å². The van der Waals surface area contributed by atoms with Gasteiger partial charge < -0.3 is 10.1 Å². The SMILES string of the molecule is CCCNCc1cccc(NS(=O)(=O)NCCOC)c1. The zero-order valence-electron chi connectivity index (χ0n) is 12.0. The van der Waals surface area contributed by atoms with Crippen LogP contribution in [0.1, 0.15) is 18.9 Å². The van der Waals surface area contributed by atoms with E-state index in [2.05, 4.69) is 21.7 Å². The topological polar surface area (TPSA) is 79.5 Å². The first-order valence-corrected chi connectivity index (χ1v) is 8.11. The van der Waals surface area contributed by atoms with Gasteiger partial charge in [-0.05, 0) is 30.7 Å². The number of methoxy groups -OCH3 is 1. The molecular formula is C13H23N3O3S. The molecular weight excluding hydrogens is 278 g/mol. The summed E-state index contributed by atoms with van der Waals surface area (Å²) in [4.78, 5) is 0. The Balaban J connectivity index is 2.56. The summed E-state index contributed by atoms with van der Waals surface area (Å²) in [5.74, 6) is 0. The largest absolute Gasteiger partial charge is 0.383 e. The van der Waals surface area contributed by atoms with Gasteiger partial charge in [0.1, 0.15) is 0 Å². The van der Waals surface area contributed by atoms with Crippen molar-refractivity contribution in [2.45, 2.75) is 19.9 Å². The molecule has 0 spiro atoms. The Morgan fingerprint density at radius 2 is 2.05 bits per heavy atom. The predicted molar refractivity (Wildman–Crippen MR) is 80.9 cm³/mol. The van der Waals surface area contributed by atoms with Gasteiger partial charge in [0.25, 0.3) is 10.2 Å². The maximum Gasteiger partial charge on any atom is 0.299 e. The van der Waals surface area contributed by atoms with Gasteiger partial charge in [0, 0.05) is 20.2 Å². The van der Waals surface area contributed by atoms with Crippen LogP contribution in [0, 0.1) is 0 Å². The van der Waals surface area contributed by atoms with Crippen molar-refractivity contribution in [2.24, 2.45) is 0 Å². The molecule has 3 N–H and O–H groups in total. The first-order chi connectivity index (χ1) is 9.57. The van der Waals surface area contributed by atoms with E-state index < -0.39 is 10.2 Å². The fourth-order valence-corrected chi connectivity index (χ4v) is 2.49. The van der Waals surface area contributed by atoms with Crippen LogP contribution in [-0.4, -0.2) is 35.2 Å². The second kappa shape index (κ2) is 8.91. The molecule has 0 atom stereocenters. The standard InChI is InChI=1S/C13H23N3O3S/c1-3-7-14-11-12-5-4-6-13(10-12)16-20(17,18)15-8-9-19-2/h4-6,10,14-16H,3,7-9,11H2,1-2H3. The van der Waals surface area contributed by atoms with Crippen LogP contribution >= 0.6 is 0 Å². The Hall–Kier alpha value is -1.15. The maximum atomic E-state index is 11.8. The number of hydrogen-bond donors (Lipinski definition) is 3. The fraction of sp³-hybridized carbons (Fsp3) is 0.538. The fourth-order valence-electron chi connectivity index (χ4n) is 1.62. The lowest BCUT2D eigenvalue weighted by atomic mass is 10.2. The Kier molecular flexibility index (Phi) is 7.53. The molecule has 0 saturated carbocycles. The van der Waals surface area contributed by atoms with E-state index in [0.29, 0.717) is 12.3 Å². The third kappa shape index (κ3) is 6.85.